The zero-order valence-electron chi connectivity index (χ0n) is 13.5. The number of fused-ring (bicyclic) bond motifs is 1. The first kappa shape index (κ1) is 16.6. The molecule has 1 atom stereocenters. The van der Waals surface area contributed by atoms with E-state index in [0.29, 0.717) is 30.2 Å². The van der Waals surface area contributed by atoms with Crippen LogP contribution >= 0.6 is 0 Å². The molecule has 0 aliphatic carbocycles. The molecule has 1 aromatic carbocycles. The Balaban J connectivity index is 1.65. The number of hydrogen-bond donors (Lipinski definition) is 2. The normalized spacial score (nSPS) is 18.0. The Morgan fingerprint density at radius 1 is 1.12 bits per heavy atom. The fourth-order valence-corrected chi connectivity index (χ4v) is 2.98. The van der Waals surface area contributed by atoms with Crippen molar-refractivity contribution in [3.05, 3.63) is 23.8 Å². The topological polar surface area (TPSA) is 88.1 Å². The van der Waals surface area contributed by atoms with Crippen LogP contribution in [0.3, 0.4) is 0 Å². The van der Waals surface area contributed by atoms with Gasteiger partial charge >= 0.3 is 0 Å². The number of amides is 2. The van der Waals surface area contributed by atoms with E-state index in [1.54, 1.807) is 23.1 Å². The van der Waals surface area contributed by atoms with Crippen molar-refractivity contribution in [3.63, 3.8) is 0 Å². The van der Waals surface area contributed by atoms with Gasteiger partial charge < -0.3 is 24.8 Å². The van der Waals surface area contributed by atoms with E-state index in [9.17, 15) is 14.7 Å². The molecule has 1 fully saturated rings. The van der Waals surface area contributed by atoms with Gasteiger partial charge in [0, 0.05) is 18.7 Å². The smallest absolute Gasteiger partial charge is 0.252 e. The van der Waals surface area contributed by atoms with Gasteiger partial charge in [-0.1, -0.05) is 12.8 Å². The Labute approximate surface area is 140 Å². The van der Waals surface area contributed by atoms with Crippen molar-refractivity contribution in [2.24, 2.45) is 0 Å². The second kappa shape index (κ2) is 7.53. The molecule has 0 aromatic heterocycles. The van der Waals surface area contributed by atoms with Crippen LogP contribution in [-0.2, 0) is 4.79 Å². The molecule has 0 spiro atoms. The summed E-state index contributed by atoms with van der Waals surface area (Å²) in [5.74, 6) is 0.442. The van der Waals surface area contributed by atoms with Crippen molar-refractivity contribution in [1.29, 1.82) is 0 Å². The van der Waals surface area contributed by atoms with Crippen LogP contribution in [0.25, 0.3) is 0 Å². The highest BCUT2D eigenvalue weighted by atomic mass is 16.7. The average Bonchev–Trinajstić information content (AvgIpc) is 2.90. The minimum atomic E-state index is -0.930. The van der Waals surface area contributed by atoms with Gasteiger partial charge in [-0.3, -0.25) is 9.59 Å². The summed E-state index contributed by atoms with van der Waals surface area (Å²) in [5.41, 5.74) is 0.362. The second-order valence-corrected chi connectivity index (χ2v) is 6.02. The lowest BCUT2D eigenvalue weighted by Crippen LogP contribution is -2.50. The fraction of sp³-hybridized carbons (Fsp3) is 0.529. The first-order valence-electron chi connectivity index (χ1n) is 8.29. The Morgan fingerprint density at radius 3 is 2.54 bits per heavy atom. The highest BCUT2D eigenvalue weighted by Gasteiger charge is 2.26. The van der Waals surface area contributed by atoms with Crippen LogP contribution < -0.4 is 14.8 Å². The molecule has 1 unspecified atom stereocenters. The summed E-state index contributed by atoms with van der Waals surface area (Å²) in [6.45, 7) is 1.06. The molecule has 130 valence electrons. The summed E-state index contributed by atoms with van der Waals surface area (Å²) in [4.78, 5) is 26.7. The molecule has 0 radical (unpaired) electrons. The van der Waals surface area contributed by atoms with E-state index in [0.717, 1.165) is 25.7 Å². The highest BCUT2D eigenvalue weighted by Crippen LogP contribution is 2.32. The van der Waals surface area contributed by atoms with Gasteiger partial charge in [-0.15, -0.1) is 0 Å². The third-order valence-corrected chi connectivity index (χ3v) is 4.34. The maximum absolute atomic E-state index is 12.5. The maximum atomic E-state index is 12.5. The molecule has 2 aliphatic heterocycles. The summed E-state index contributed by atoms with van der Waals surface area (Å²) in [6.07, 6.45) is 4.13. The van der Waals surface area contributed by atoms with Crippen LogP contribution in [0, 0.1) is 0 Å². The zero-order valence-corrected chi connectivity index (χ0v) is 13.5. The Bertz CT molecular complexity index is 611. The van der Waals surface area contributed by atoms with Gasteiger partial charge in [0.05, 0.1) is 6.61 Å². The quantitative estimate of drug-likeness (QED) is 0.854. The van der Waals surface area contributed by atoms with Crippen LogP contribution in [0.4, 0.5) is 0 Å². The first-order chi connectivity index (χ1) is 11.7. The summed E-state index contributed by atoms with van der Waals surface area (Å²) in [6, 6.07) is 3.90. The third kappa shape index (κ3) is 3.62. The predicted octanol–water partition coefficient (Wildman–Crippen LogP) is 0.909. The van der Waals surface area contributed by atoms with E-state index in [4.69, 9.17) is 9.47 Å². The van der Waals surface area contributed by atoms with Gasteiger partial charge in [0.15, 0.2) is 11.5 Å². The molecule has 0 bridgehead atoms. The van der Waals surface area contributed by atoms with Crippen LogP contribution in [0.2, 0.25) is 0 Å². The van der Waals surface area contributed by atoms with E-state index >= 15 is 0 Å². The van der Waals surface area contributed by atoms with Gasteiger partial charge in [-0.05, 0) is 31.0 Å². The number of likely N-dealkylation sites (tertiary alicyclic amines) is 1. The van der Waals surface area contributed by atoms with Gasteiger partial charge in [-0.25, -0.2) is 0 Å². The molecule has 2 N–H and O–H groups in total. The van der Waals surface area contributed by atoms with Crippen LogP contribution in [0.5, 0.6) is 11.5 Å². The molecule has 2 aliphatic rings. The van der Waals surface area contributed by atoms with E-state index in [-0.39, 0.29) is 12.7 Å². The van der Waals surface area contributed by atoms with Crippen LogP contribution in [-0.4, -0.2) is 54.4 Å². The number of hydrogen-bond acceptors (Lipinski definition) is 5. The Hall–Kier alpha value is -2.28. The van der Waals surface area contributed by atoms with Crippen LogP contribution in [0.1, 0.15) is 36.0 Å². The second-order valence-electron chi connectivity index (χ2n) is 6.02. The summed E-state index contributed by atoms with van der Waals surface area (Å²) >= 11 is 0. The number of aliphatic hydroxyl groups excluding tert-OH is 1. The predicted molar refractivity (Wildman–Crippen MR) is 86.0 cm³/mol. The molecule has 0 saturated carbocycles. The summed E-state index contributed by atoms with van der Waals surface area (Å²) in [7, 11) is 0. The lowest BCUT2D eigenvalue weighted by molar-refractivity contribution is -0.134. The van der Waals surface area contributed by atoms with Gasteiger partial charge in [-0.2, -0.15) is 0 Å². The van der Waals surface area contributed by atoms with Crippen molar-refractivity contribution < 1.29 is 24.2 Å². The fourth-order valence-electron chi connectivity index (χ4n) is 2.98. The number of rotatable bonds is 4. The highest BCUT2D eigenvalue weighted by molar-refractivity contribution is 5.98. The monoisotopic (exact) mass is 334 g/mol. The molecule has 3 rings (SSSR count). The van der Waals surface area contributed by atoms with Crippen LogP contribution in [0.15, 0.2) is 18.2 Å². The largest absolute Gasteiger partial charge is 0.454 e. The minimum Gasteiger partial charge on any atom is -0.454 e. The first-order valence-corrected chi connectivity index (χ1v) is 8.29. The molecule has 2 amide bonds. The Morgan fingerprint density at radius 2 is 1.83 bits per heavy atom. The molecule has 24 heavy (non-hydrogen) atoms. The number of nitrogens with one attached hydrogen (secondary N) is 1. The Kier molecular flexibility index (Phi) is 5.20. The maximum Gasteiger partial charge on any atom is 0.252 e. The number of carbonyl (C=O) groups excluding carboxylic acids is 2. The number of aliphatic hydroxyl groups is 1. The zero-order chi connectivity index (χ0) is 16.9. The number of nitrogens with zero attached hydrogens (tertiary/aromatic N) is 1. The summed E-state index contributed by atoms with van der Waals surface area (Å²) < 4.78 is 10.5. The lowest BCUT2D eigenvalue weighted by atomic mass is 10.1. The molecule has 7 heteroatoms. The number of ether oxygens (including phenoxy) is 2. The molecule has 7 nitrogen and oxygen atoms in total. The van der Waals surface area contributed by atoms with Gasteiger partial charge in [0.1, 0.15) is 6.04 Å². The number of carbonyl (C=O) groups is 2. The van der Waals surface area contributed by atoms with Crippen molar-refractivity contribution in [2.45, 2.75) is 31.7 Å². The molecular formula is C17H22N2O5. The molecule has 1 saturated heterocycles. The van der Waals surface area contributed by atoms with E-state index in [1.807, 2.05) is 0 Å². The van der Waals surface area contributed by atoms with E-state index < -0.39 is 18.6 Å². The van der Waals surface area contributed by atoms with Crippen molar-refractivity contribution in [3.8, 4) is 11.5 Å². The van der Waals surface area contributed by atoms with E-state index in [2.05, 4.69) is 5.32 Å². The lowest BCUT2D eigenvalue weighted by Gasteiger charge is -2.25. The van der Waals surface area contributed by atoms with Gasteiger partial charge in [0.2, 0.25) is 12.7 Å². The van der Waals surface area contributed by atoms with Crippen molar-refractivity contribution >= 4 is 11.8 Å². The molecule has 1 aromatic rings. The van der Waals surface area contributed by atoms with Gasteiger partial charge in [0.25, 0.3) is 5.91 Å². The van der Waals surface area contributed by atoms with E-state index in [1.165, 1.54) is 0 Å². The third-order valence-electron chi connectivity index (χ3n) is 4.34. The molecule has 2 heterocycles. The number of benzene rings is 1. The van der Waals surface area contributed by atoms with Crippen molar-refractivity contribution in [2.75, 3.05) is 26.5 Å². The SMILES string of the molecule is O=C(NC(CO)C(=O)N1CCCCCC1)c1ccc2c(c1)OCO2. The minimum absolute atomic E-state index is 0.132. The summed E-state index contributed by atoms with van der Waals surface area (Å²) in [5, 5.41) is 12.2. The average molecular weight is 334 g/mol. The molecular weight excluding hydrogens is 312 g/mol. The van der Waals surface area contributed by atoms with Crippen molar-refractivity contribution in [1.82, 2.24) is 10.2 Å². The standard InChI is InChI=1S/C17H22N2O5/c20-10-13(17(22)19-7-3-1-2-4-8-19)18-16(21)12-5-6-14-15(9-12)24-11-23-14/h5-6,9,13,20H,1-4,7-8,10-11H2,(H,18,21).